The van der Waals surface area contributed by atoms with Gasteiger partial charge in [-0.25, -0.2) is 4.39 Å². The maximum absolute atomic E-state index is 12.6. The molecular formula is C9H10FNO. The molecule has 0 aliphatic heterocycles. The van der Waals surface area contributed by atoms with E-state index < -0.39 is 0 Å². The van der Waals surface area contributed by atoms with Crippen LogP contribution in [0.4, 0.5) is 4.39 Å². The van der Waals surface area contributed by atoms with Gasteiger partial charge in [0.05, 0.1) is 6.61 Å². The summed E-state index contributed by atoms with van der Waals surface area (Å²) < 4.78 is 17.7. The summed E-state index contributed by atoms with van der Waals surface area (Å²) in [5.41, 5.74) is 0.442. The molecule has 0 saturated carbocycles. The maximum Gasteiger partial charge on any atom is 0.137 e. The molecule has 1 aromatic rings. The molecule has 0 atom stereocenters. The topological polar surface area (TPSA) is 22.1 Å². The molecule has 3 heteroatoms. The van der Waals surface area contributed by atoms with Crippen molar-refractivity contribution in [3.63, 3.8) is 0 Å². The molecule has 0 bridgehead atoms. The molecule has 12 heavy (non-hydrogen) atoms. The molecular weight excluding hydrogens is 157 g/mol. The predicted molar refractivity (Wildman–Crippen MR) is 44.9 cm³/mol. The fourth-order valence-corrected chi connectivity index (χ4v) is 0.805. The minimum Gasteiger partial charge on any atom is -0.492 e. The van der Waals surface area contributed by atoms with Gasteiger partial charge >= 0.3 is 0 Å². The third-order valence-electron chi connectivity index (χ3n) is 1.33. The highest BCUT2D eigenvalue weighted by Gasteiger charge is 2.00. The highest BCUT2D eigenvalue weighted by Crippen LogP contribution is 2.10. The van der Waals surface area contributed by atoms with Gasteiger partial charge in [0.25, 0.3) is 0 Å². The van der Waals surface area contributed by atoms with Crippen LogP contribution in [-0.4, -0.2) is 11.6 Å². The second-order valence-electron chi connectivity index (χ2n) is 2.22. The van der Waals surface area contributed by atoms with Crippen molar-refractivity contribution in [2.45, 2.75) is 6.92 Å². The molecule has 0 unspecified atom stereocenters. The van der Waals surface area contributed by atoms with Gasteiger partial charge in [-0.1, -0.05) is 6.58 Å². The normalized spacial score (nSPS) is 9.50. The van der Waals surface area contributed by atoms with Gasteiger partial charge in [0.1, 0.15) is 17.3 Å². The highest BCUT2D eigenvalue weighted by atomic mass is 19.1. The summed E-state index contributed by atoms with van der Waals surface area (Å²) in [6, 6.07) is 2.57. The Morgan fingerprint density at radius 3 is 3.08 bits per heavy atom. The number of rotatable bonds is 3. The molecule has 0 saturated heterocycles. The first-order chi connectivity index (χ1) is 5.74. The zero-order chi connectivity index (χ0) is 8.97. The Labute approximate surface area is 70.7 Å². The zero-order valence-corrected chi connectivity index (χ0v) is 6.88. The van der Waals surface area contributed by atoms with Gasteiger partial charge in [-0.2, -0.15) is 0 Å². The van der Waals surface area contributed by atoms with Gasteiger partial charge in [0.15, 0.2) is 0 Å². The number of pyridine rings is 1. The smallest absolute Gasteiger partial charge is 0.137 e. The van der Waals surface area contributed by atoms with Crippen molar-refractivity contribution in [1.82, 2.24) is 4.98 Å². The molecule has 64 valence electrons. The highest BCUT2D eigenvalue weighted by molar-refractivity contribution is 5.52. The van der Waals surface area contributed by atoms with Crippen LogP contribution in [0.25, 0.3) is 5.76 Å². The van der Waals surface area contributed by atoms with E-state index in [0.29, 0.717) is 18.1 Å². The first-order valence-corrected chi connectivity index (χ1v) is 3.67. The molecule has 0 spiro atoms. The largest absolute Gasteiger partial charge is 0.492 e. The summed E-state index contributed by atoms with van der Waals surface area (Å²) in [5, 5.41) is 0. The van der Waals surface area contributed by atoms with E-state index in [2.05, 4.69) is 11.6 Å². The number of halogens is 1. The monoisotopic (exact) mass is 167 g/mol. The molecule has 1 rings (SSSR count). The van der Waals surface area contributed by atoms with Crippen LogP contribution in [0, 0.1) is 5.82 Å². The zero-order valence-electron chi connectivity index (χ0n) is 6.88. The lowest BCUT2D eigenvalue weighted by atomic mass is 10.3. The van der Waals surface area contributed by atoms with Gasteiger partial charge in [-0.05, 0) is 13.0 Å². The summed E-state index contributed by atoms with van der Waals surface area (Å²) in [4.78, 5) is 3.89. The van der Waals surface area contributed by atoms with E-state index in [4.69, 9.17) is 4.74 Å². The first kappa shape index (κ1) is 8.71. The van der Waals surface area contributed by atoms with Gasteiger partial charge in [-0.3, -0.25) is 4.98 Å². The molecule has 0 fully saturated rings. The first-order valence-electron chi connectivity index (χ1n) is 3.67. The van der Waals surface area contributed by atoms with Crippen LogP contribution in [0.2, 0.25) is 0 Å². The Kier molecular flexibility index (Phi) is 2.80. The number of ether oxygens (including phenoxy) is 1. The lowest BCUT2D eigenvalue weighted by molar-refractivity contribution is 0.297. The van der Waals surface area contributed by atoms with Crippen LogP contribution in [-0.2, 0) is 4.74 Å². The van der Waals surface area contributed by atoms with E-state index in [0.717, 1.165) is 0 Å². The van der Waals surface area contributed by atoms with Crippen molar-refractivity contribution in [3.8, 4) is 0 Å². The van der Waals surface area contributed by atoms with E-state index >= 15 is 0 Å². The average Bonchev–Trinajstić information content (AvgIpc) is 2.05. The summed E-state index contributed by atoms with van der Waals surface area (Å²) in [6.45, 7) is 5.95. The quantitative estimate of drug-likeness (QED) is 0.644. The second-order valence-corrected chi connectivity index (χ2v) is 2.22. The van der Waals surface area contributed by atoms with Gasteiger partial charge in [-0.15, -0.1) is 0 Å². The van der Waals surface area contributed by atoms with Gasteiger partial charge in [0, 0.05) is 12.3 Å². The molecule has 1 aromatic heterocycles. The number of hydrogen-bond acceptors (Lipinski definition) is 2. The summed E-state index contributed by atoms with van der Waals surface area (Å²) in [5.74, 6) is 0.0675. The van der Waals surface area contributed by atoms with E-state index in [-0.39, 0.29) is 5.82 Å². The van der Waals surface area contributed by atoms with Crippen LogP contribution in [0.5, 0.6) is 0 Å². The maximum atomic E-state index is 12.6. The van der Waals surface area contributed by atoms with E-state index in [1.165, 1.54) is 18.3 Å². The number of hydrogen-bond donors (Lipinski definition) is 0. The Balaban J connectivity index is 2.81. The van der Waals surface area contributed by atoms with Crippen molar-refractivity contribution >= 4 is 5.76 Å². The van der Waals surface area contributed by atoms with Crippen LogP contribution >= 0.6 is 0 Å². The third kappa shape index (κ3) is 2.05. The van der Waals surface area contributed by atoms with E-state index in [1.807, 2.05) is 6.92 Å². The Morgan fingerprint density at radius 2 is 2.50 bits per heavy atom. The Morgan fingerprint density at radius 1 is 1.75 bits per heavy atom. The minimum atomic E-state index is -0.333. The van der Waals surface area contributed by atoms with Crippen LogP contribution in [0.15, 0.2) is 24.9 Å². The van der Waals surface area contributed by atoms with Crippen molar-refractivity contribution < 1.29 is 9.13 Å². The van der Waals surface area contributed by atoms with Gasteiger partial charge < -0.3 is 4.74 Å². The fraction of sp³-hybridized carbons (Fsp3) is 0.222. The number of nitrogens with zero attached hydrogens (tertiary/aromatic N) is 1. The molecule has 1 heterocycles. The summed E-state index contributed by atoms with van der Waals surface area (Å²) >= 11 is 0. The SMILES string of the molecule is C=C(OCC)c1cc(F)ccn1. The summed E-state index contributed by atoms with van der Waals surface area (Å²) in [6.07, 6.45) is 1.38. The molecule has 0 aromatic carbocycles. The molecule has 0 amide bonds. The van der Waals surface area contributed by atoms with Crippen LogP contribution in [0.1, 0.15) is 12.6 Å². The predicted octanol–water partition coefficient (Wildman–Crippen LogP) is 2.23. The van der Waals surface area contributed by atoms with E-state index in [1.54, 1.807) is 0 Å². The molecule has 0 radical (unpaired) electrons. The summed E-state index contributed by atoms with van der Waals surface area (Å²) in [7, 11) is 0. The number of aromatic nitrogens is 1. The van der Waals surface area contributed by atoms with Gasteiger partial charge in [0.2, 0.25) is 0 Å². The average molecular weight is 167 g/mol. The molecule has 0 aliphatic carbocycles. The minimum absolute atomic E-state index is 0.333. The van der Waals surface area contributed by atoms with E-state index in [9.17, 15) is 4.39 Å². The second kappa shape index (κ2) is 3.85. The fourth-order valence-electron chi connectivity index (χ4n) is 0.805. The van der Waals surface area contributed by atoms with Crippen LogP contribution < -0.4 is 0 Å². The van der Waals surface area contributed by atoms with Crippen LogP contribution in [0.3, 0.4) is 0 Å². The Bertz CT molecular complexity index is 286. The van der Waals surface area contributed by atoms with Crippen molar-refractivity contribution in [2.75, 3.05) is 6.61 Å². The molecule has 0 N–H and O–H groups in total. The molecule has 2 nitrogen and oxygen atoms in total. The lowest BCUT2D eigenvalue weighted by Gasteiger charge is -2.04. The lowest BCUT2D eigenvalue weighted by Crippen LogP contribution is -1.93. The third-order valence-corrected chi connectivity index (χ3v) is 1.33. The standard InChI is InChI=1S/C9H10FNO/c1-3-12-7(2)9-6-8(10)4-5-11-9/h4-6H,2-3H2,1H3. The van der Waals surface area contributed by atoms with Crippen molar-refractivity contribution in [2.24, 2.45) is 0 Å². The molecule has 0 aliphatic rings. The van der Waals surface area contributed by atoms with Crippen molar-refractivity contribution in [3.05, 3.63) is 36.4 Å². The van der Waals surface area contributed by atoms with Crippen molar-refractivity contribution in [1.29, 1.82) is 0 Å². The Hall–Kier alpha value is -1.38.